The largest absolute Gasteiger partial charge is 0.478 e. The van der Waals surface area contributed by atoms with Crippen molar-refractivity contribution < 1.29 is 14.7 Å². The Morgan fingerprint density at radius 3 is 2.33 bits per heavy atom. The van der Waals surface area contributed by atoms with Crippen molar-refractivity contribution in [2.24, 2.45) is 0 Å². The Labute approximate surface area is 106 Å². The van der Waals surface area contributed by atoms with Crippen LogP contribution in [0.5, 0.6) is 0 Å². The van der Waals surface area contributed by atoms with E-state index < -0.39 is 5.97 Å². The van der Waals surface area contributed by atoms with Crippen molar-refractivity contribution in [3.05, 3.63) is 35.4 Å². The SMILES string of the molecule is CC1(C)CCCN1C(=O)c1ccccc1C(=O)O. The molecule has 0 aliphatic carbocycles. The van der Waals surface area contributed by atoms with Gasteiger partial charge in [-0.25, -0.2) is 4.79 Å². The fourth-order valence-electron chi connectivity index (χ4n) is 2.49. The third-order valence-electron chi connectivity index (χ3n) is 3.53. The molecule has 0 unspecified atom stereocenters. The number of hydrogen-bond donors (Lipinski definition) is 1. The molecule has 1 saturated heterocycles. The molecule has 1 heterocycles. The van der Waals surface area contributed by atoms with E-state index in [0.29, 0.717) is 6.54 Å². The summed E-state index contributed by atoms with van der Waals surface area (Å²) in [7, 11) is 0. The predicted molar refractivity (Wildman–Crippen MR) is 67.8 cm³/mol. The normalized spacial score (nSPS) is 17.8. The maximum absolute atomic E-state index is 12.5. The van der Waals surface area contributed by atoms with E-state index >= 15 is 0 Å². The Hall–Kier alpha value is -1.84. The van der Waals surface area contributed by atoms with Crippen molar-refractivity contribution >= 4 is 11.9 Å². The predicted octanol–water partition coefficient (Wildman–Crippen LogP) is 2.40. The fourth-order valence-corrected chi connectivity index (χ4v) is 2.49. The van der Waals surface area contributed by atoms with E-state index in [4.69, 9.17) is 5.11 Å². The second kappa shape index (κ2) is 4.44. The number of hydrogen-bond acceptors (Lipinski definition) is 2. The number of nitrogens with zero attached hydrogens (tertiary/aromatic N) is 1. The zero-order valence-corrected chi connectivity index (χ0v) is 10.6. The van der Waals surface area contributed by atoms with Crippen molar-refractivity contribution in [3.8, 4) is 0 Å². The first-order chi connectivity index (χ1) is 8.43. The van der Waals surface area contributed by atoms with Crippen LogP contribution in [0.15, 0.2) is 24.3 Å². The van der Waals surface area contributed by atoms with Gasteiger partial charge in [-0.1, -0.05) is 12.1 Å². The van der Waals surface area contributed by atoms with Gasteiger partial charge in [0.05, 0.1) is 11.1 Å². The molecule has 18 heavy (non-hydrogen) atoms. The van der Waals surface area contributed by atoms with Gasteiger partial charge in [-0.2, -0.15) is 0 Å². The topological polar surface area (TPSA) is 57.6 Å². The molecule has 2 rings (SSSR count). The average Bonchev–Trinajstić information content (AvgIpc) is 2.68. The quantitative estimate of drug-likeness (QED) is 0.873. The molecule has 1 aliphatic rings. The van der Waals surface area contributed by atoms with Gasteiger partial charge in [0.1, 0.15) is 0 Å². The summed E-state index contributed by atoms with van der Waals surface area (Å²) >= 11 is 0. The van der Waals surface area contributed by atoms with E-state index in [1.165, 1.54) is 6.07 Å². The molecule has 1 fully saturated rings. The van der Waals surface area contributed by atoms with Crippen LogP contribution in [0, 0.1) is 0 Å². The molecule has 1 aliphatic heterocycles. The first kappa shape index (κ1) is 12.6. The second-order valence-corrected chi connectivity index (χ2v) is 5.22. The number of benzene rings is 1. The van der Waals surface area contributed by atoms with Gasteiger partial charge in [0, 0.05) is 12.1 Å². The lowest BCUT2D eigenvalue weighted by Gasteiger charge is -2.32. The van der Waals surface area contributed by atoms with Crippen molar-refractivity contribution in [3.63, 3.8) is 0 Å². The van der Waals surface area contributed by atoms with Gasteiger partial charge in [0.15, 0.2) is 0 Å². The molecular weight excluding hydrogens is 230 g/mol. The fraction of sp³-hybridized carbons (Fsp3) is 0.429. The van der Waals surface area contributed by atoms with E-state index in [1.54, 1.807) is 23.1 Å². The van der Waals surface area contributed by atoms with Gasteiger partial charge in [-0.3, -0.25) is 4.79 Å². The van der Waals surface area contributed by atoms with Gasteiger partial charge in [-0.15, -0.1) is 0 Å². The van der Waals surface area contributed by atoms with Gasteiger partial charge in [0.2, 0.25) is 0 Å². The smallest absolute Gasteiger partial charge is 0.336 e. The van der Waals surface area contributed by atoms with Crippen LogP contribution in [-0.4, -0.2) is 34.0 Å². The average molecular weight is 247 g/mol. The molecule has 1 amide bonds. The molecule has 0 radical (unpaired) electrons. The molecule has 0 aromatic heterocycles. The monoisotopic (exact) mass is 247 g/mol. The van der Waals surface area contributed by atoms with Gasteiger partial charge < -0.3 is 10.0 Å². The lowest BCUT2D eigenvalue weighted by atomic mass is 10.00. The lowest BCUT2D eigenvalue weighted by molar-refractivity contribution is 0.0625. The molecule has 4 nitrogen and oxygen atoms in total. The van der Waals surface area contributed by atoms with E-state index in [9.17, 15) is 9.59 Å². The standard InChI is InChI=1S/C14H17NO3/c1-14(2)8-5-9-15(14)12(16)10-6-3-4-7-11(10)13(17)18/h3-4,6-7H,5,8-9H2,1-2H3,(H,17,18). The Bertz CT molecular complexity index is 494. The van der Waals surface area contributed by atoms with Crippen molar-refractivity contribution in [2.45, 2.75) is 32.2 Å². The zero-order valence-electron chi connectivity index (χ0n) is 10.6. The Balaban J connectivity index is 2.38. The highest BCUT2D eigenvalue weighted by atomic mass is 16.4. The maximum Gasteiger partial charge on any atom is 0.336 e. The Morgan fingerprint density at radius 2 is 1.83 bits per heavy atom. The van der Waals surface area contributed by atoms with Crippen LogP contribution in [0.4, 0.5) is 0 Å². The highest BCUT2D eigenvalue weighted by molar-refractivity contribution is 6.05. The Kier molecular flexibility index (Phi) is 3.11. The lowest BCUT2D eigenvalue weighted by Crippen LogP contribution is -2.43. The Morgan fingerprint density at radius 1 is 1.22 bits per heavy atom. The van der Waals surface area contributed by atoms with Crippen LogP contribution in [0.25, 0.3) is 0 Å². The highest BCUT2D eigenvalue weighted by Gasteiger charge is 2.36. The molecule has 1 aromatic rings. The first-order valence-electron chi connectivity index (χ1n) is 6.08. The summed E-state index contributed by atoms with van der Waals surface area (Å²) in [5.74, 6) is -1.24. The minimum Gasteiger partial charge on any atom is -0.478 e. The van der Waals surface area contributed by atoms with Gasteiger partial charge in [-0.05, 0) is 38.8 Å². The minimum absolute atomic E-state index is 0.0743. The summed E-state index contributed by atoms with van der Waals surface area (Å²) in [5.41, 5.74) is 0.160. The molecule has 0 bridgehead atoms. The third-order valence-corrected chi connectivity index (χ3v) is 3.53. The molecular formula is C14H17NO3. The zero-order chi connectivity index (χ0) is 13.3. The van der Waals surface area contributed by atoms with Crippen molar-refractivity contribution in [1.82, 2.24) is 4.90 Å². The number of likely N-dealkylation sites (tertiary alicyclic amines) is 1. The summed E-state index contributed by atoms with van der Waals surface area (Å²) in [5, 5.41) is 9.12. The number of carbonyl (C=O) groups excluding carboxylic acids is 1. The highest BCUT2D eigenvalue weighted by Crippen LogP contribution is 2.30. The minimum atomic E-state index is -1.06. The number of aromatic carboxylic acids is 1. The summed E-state index contributed by atoms with van der Waals surface area (Å²) in [6.07, 6.45) is 1.92. The van der Waals surface area contributed by atoms with E-state index in [0.717, 1.165) is 12.8 Å². The summed E-state index contributed by atoms with van der Waals surface area (Å²) in [6, 6.07) is 6.39. The van der Waals surface area contributed by atoms with E-state index in [1.807, 2.05) is 13.8 Å². The number of carbonyl (C=O) groups is 2. The number of carboxylic acids is 1. The molecule has 0 saturated carbocycles. The van der Waals surface area contributed by atoms with Crippen LogP contribution in [-0.2, 0) is 0 Å². The van der Waals surface area contributed by atoms with Gasteiger partial charge >= 0.3 is 5.97 Å². The molecule has 1 aromatic carbocycles. The number of rotatable bonds is 2. The number of carboxylic acid groups (broad SMARTS) is 1. The first-order valence-corrected chi connectivity index (χ1v) is 6.08. The van der Waals surface area contributed by atoms with Crippen LogP contribution < -0.4 is 0 Å². The molecule has 1 N–H and O–H groups in total. The van der Waals surface area contributed by atoms with E-state index in [2.05, 4.69) is 0 Å². The van der Waals surface area contributed by atoms with Crippen molar-refractivity contribution in [2.75, 3.05) is 6.54 Å². The summed E-state index contributed by atoms with van der Waals surface area (Å²) in [4.78, 5) is 25.4. The molecule has 0 atom stereocenters. The summed E-state index contributed by atoms with van der Waals surface area (Å²) < 4.78 is 0. The van der Waals surface area contributed by atoms with Gasteiger partial charge in [0.25, 0.3) is 5.91 Å². The third kappa shape index (κ3) is 2.10. The van der Waals surface area contributed by atoms with Crippen LogP contribution in [0.1, 0.15) is 47.4 Å². The van der Waals surface area contributed by atoms with Crippen LogP contribution in [0.2, 0.25) is 0 Å². The van der Waals surface area contributed by atoms with Crippen molar-refractivity contribution in [1.29, 1.82) is 0 Å². The molecule has 96 valence electrons. The van der Waals surface area contributed by atoms with Crippen LogP contribution >= 0.6 is 0 Å². The number of amides is 1. The maximum atomic E-state index is 12.5. The van der Waals surface area contributed by atoms with E-state index in [-0.39, 0.29) is 22.6 Å². The molecule has 4 heteroatoms. The summed E-state index contributed by atoms with van der Waals surface area (Å²) in [6.45, 7) is 4.72. The second-order valence-electron chi connectivity index (χ2n) is 5.22. The van der Waals surface area contributed by atoms with Crippen LogP contribution in [0.3, 0.4) is 0 Å². The molecule has 0 spiro atoms.